The van der Waals surface area contributed by atoms with Gasteiger partial charge in [0.15, 0.2) is 0 Å². The molecular weight excluding hydrogens is 344 g/mol. The topological polar surface area (TPSA) is 81.3 Å². The van der Waals surface area contributed by atoms with Crippen LogP contribution in [0, 0.1) is 10.1 Å². The summed E-state index contributed by atoms with van der Waals surface area (Å²) in [6.07, 6.45) is 8.30. The monoisotopic (exact) mass is 364 g/mol. The largest absolute Gasteiger partial charge is 0.338 e. The fourth-order valence-electron chi connectivity index (χ4n) is 3.89. The number of nitrogens with zero attached hydrogens (tertiary/aromatic N) is 4. The first kappa shape index (κ1) is 17.2. The van der Waals surface area contributed by atoms with Gasteiger partial charge in [-0.05, 0) is 43.0 Å². The van der Waals surface area contributed by atoms with Crippen LogP contribution in [0.2, 0.25) is 0 Å². The molecule has 1 saturated heterocycles. The third kappa shape index (κ3) is 3.28. The van der Waals surface area contributed by atoms with Crippen LogP contribution >= 0.6 is 0 Å². The Hall–Kier alpha value is -3.22. The van der Waals surface area contributed by atoms with Crippen molar-refractivity contribution in [2.45, 2.75) is 31.8 Å². The van der Waals surface area contributed by atoms with Gasteiger partial charge >= 0.3 is 0 Å². The number of nitro groups is 1. The molecule has 2 aromatic heterocycles. The van der Waals surface area contributed by atoms with E-state index in [2.05, 4.69) is 4.98 Å². The minimum Gasteiger partial charge on any atom is -0.338 e. The minimum absolute atomic E-state index is 0.0209. The van der Waals surface area contributed by atoms with Crippen molar-refractivity contribution in [2.75, 3.05) is 6.54 Å². The number of benzene rings is 1. The lowest BCUT2D eigenvalue weighted by atomic mass is 9.96. The van der Waals surface area contributed by atoms with Gasteiger partial charge in [-0.3, -0.25) is 19.9 Å². The highest BCUT2D eigenvalue weighted by Crippen LogP contribution is 2.31. The Morgan fingerprint density at radius 3 is 2.89 bits per heavy atom. The standard InChI is InChI=1S/C20H20N4O3/c25-20(23-11-2-1-6-17(23)15-5-4-10-21-13-15)14-22-12-9-16-18(22)7-3-8-19(16)24(26)27/h3-5,7-10,12-13,17H,1-2,6,11,14H2/t17-/m1/s1. The van der Waals surface area contributed by atoms with E-state index in [1.807, 2.05) is 29.3 Å². The van der Waals surface area contributed by atoms with Crippen LogP contribution in [0.4, 0.5) is 5.69 Å². The van der Waals surface area contributed by atoms with Crippen molar-refractivity contribution in [1.82, 2.24) is 14.5 Å². The molecule has 7 heteroatoms. The summed E-state index contributed by atoms with van der Waals surface area (Å²) in [5, 5.41) is 11.8. The third-order valence-electron chi connectivity index (χ3n) is 5.19. The summed E-state index contributed by atoms with van der Waals surface area (Å²) in [6, 6.07) is 10.6. The average molecular weight is 364 g/mol. The molecule has 3 aromatic rings. The molecule has 0 spiro atoms. The number of piperidine rings is 1. The zero-order valence-corrected chi connectivity index (χ0v) is 14.8. The second-order valence-electron chi connectivity index (χ2n) is 6.80. The molecule has 1 amide bonds. The Morgan fingerprint density at radius 1 is 1.22 bits per heavy atom. The third-order valence-corrected chi connectivity index (χ3v) is 5.19. The fourth-order valence-corrected chi connectivity index (χ4v) is 3.89. The molecular formula is C20H20N4O3. The molecule has 0 bridgehead atoms. The van der Waals surface area contributed by atoms with Crippen LogP contribution < -0.4 is 0 Å². The maximum atomic E-state index is 13.1. The normalized spacial score (nSPS) is 17.2. The predicted molar refractivity (Wildman–Crippen MR) is 101 cm³/mol. The van der Waals surface area contributed by atoms with Gasteiger partial charge in [-0.2, -0.15) is 0 Å². The van der Waals surface area contributed by atoms with E-state index in [1.54, 1.807) is 29.1 Å². The van der Waals surface area contributed by atoms with Gasteiger partial charge in [0.05, 0.1) is 21.9 Å². The lowest BCUT2D eigenvalue weighted by Gasteiger charge is -2.36. The highest BCUT2D eigenvalue weighted by atomic mass is 16.6. The number of likely N-dealkylation sites (tertiary alicyclic amines) is 1. The second-order valence-corrected chi connectivity index (χ2v) is 6.80. The average Bonchev–Trinajstić information content (AvgIpc) is 3.11. The molecule has 1 aromatic carbocycles. The number of nitro benzene ring substituents is 1. The van der Waals surface area contributed by atoms with Crippen molar-refractivity contribution in [3.8, 4) is 0 Å². The van der Waals surface area contributed by atoms with Gasteiger partial charge in [0.25, 0.3) is 5.69 Å². The van der Waals surface area contributed by atoms with Crippen LogP contribution in [0.15, 0.2) is 55.0 Å². The number of hydrogen-bond acceptors (Lipinski definition) is 4. The van der Waals surface area contributed by atoms with E-state index in [-0.39, 0.29) is 24.2 Å². The van der Waals surface area contributed by atoms with Crippen LogP contribution in [0.5, 0.6) is 0 Å². The molecule has 1 fully saturated rings. The fraction of sp³-hybridized carbons (Fsp3) is 0.300. The highest BCUT2D eigenvalue weighted by Gasteiger charge is 2.28. The minimum atomic E-state index is -0.391. The summed E-state index contributed by atoms with van der Waals surface area (Å²) in [6.45, 7) is 0.888. The zero-order valence-electron chi connectivity index (χ0n) is 14.8. The smallest absolute Gasteiger partial charge is 0.278 e. The summed E-state index contributed by atoms with van der Waals surface area (Å²) >= 11 is 0. The molecule has 0 radical (unpaired) electrons. The molecule has 7 nitrogen and oxygen atoms in total. The van der Waals surface area contributed by atoms with Gasteiger partial charge in [-0.1, -0.05) is 12.1 Å². The molecule has 0 aliphatic carbocycles. The molecule has 4 rings (SSSR count). The number of aromatic nitrogens is 2. The van der Waals surface area contributed by atoms with Crippen molar-refractivity contribution in [2.24, 2.45) is 0 Å². The van der Waals surface area contributed by atoms with Crippen molar-refractivity contribution in [3.63, 3.8) is 0 Å². The van der Waals surface area contributed by atoms with Crippen molar-refractivity contribution >= 4 is 22.5 Å². The predicted octanol–water partition coefficient (Wildman–Crippen LogP) is 3.70. The molecule has 1 aliphatic rings. The Kier molecular flexibility index (Phi) is 4.58. The number of hydrogen-bond donors (Lipinski definition) is 0. The van der Waals surface area contributed by atoms with E-state index in [0.29, 0.717) is 10.9 Å². The van der Waals surface area contributed by atoms with Gasteiger partial charge in [0.2, 0.25) is 5.91 Å². The SMILES string of the molecule is O=C(Cn1ccc2c([N+](=O)[O-])cccc21)N1CCCC[C@@H]1c1cccnc1. The number of non-ortho nitro benzene ring substituents is 1. The summed E-state index contributed by atoms with van der Waals surface area (Å²) in [7, 11) is 0. The van der Waals surface area contributed by atoms with E-state index in [4.69, 9.17) is 0 Å². The van der Waals surface area contributed by atoms with E-state index >= 15 is 0 Å². The summed E-state index contributed by atoms with van der Waals surface area (Å²) < 4.78 is 1.79. The van der Waals surface area contributed by atoms with Gasteiger partial charge in [0, 0.05) is 31.2 Å². The molecule has 138 valence electrons. The Balaban J connectivity index is 1.61. The summed E-state index contributed by atoms with van der Waals surface area (Å²) in [4.78, 5) is 30.0. The van der Waals surface area contributed by atoms with E-state index in [0.717, 1.165) is 31.4 Å². The highest BCUT2D eigenvalue weighted by molar-refractivity contribution is 5.90. The quantitative estimate of drug-likeness (QED) is 0.522. The first-order valence-corrected chi connectivity index (χ1v) is 9.07. The number of rotatable bonds is 4. The zero-order chi connectivity index (χ0) is 18.8. The first-order valence-electron chi connectivity index (χ1n) is 9.07. The van der Waals surface area contributed by atoms with Crippen molar-refractivity contribution in [1.29, 1.82) is 0 Å². The second kappa shape index (κ2) is 7.19. The maximum Gasteiger partial charge on any atom is 0.278 e. The van der Waals surface area contributed by atoms with Crippen LogP contribution in [-0.2, 0) is 11.3 Å². The molecule has 0 saturated carbocycles. The van der Waals surface area contributed by atoms with Crippen LogP contribution in [-0.4, -0.2) is 31.8 Å². The molecule has 27 heavy (non-hydrogen) atoms. The Morgan fingerprint density at radius 2 is 2.11 bits per heavy atom. The lowest BCUT2D eigenvalue weighted by Crippen LogP contribution is -2.40. The number of amides is 1. The van der Waals surface area contributed by atoms with Crippen LogP contribution in [0.3, 0.4) is 0 Å². The molecule has 0 N–H and O–H groups in total. The summed E-state index contributed by atoms with van der Waals surface area (Å²) in [5.41, 5.74) is 1.82. The first-order chi connectivity index (χ1) is 13.1. The van der Waals surface area contributed by atoms with E-state index in [9.17, 15) is 14.9 Å². The van der Waals surface area contributed by atoms with Crippen LogP contribution in [0.25, 0.3) is 10.9 Å². The van der Waals surface area contributed by atoms with Gasteiger partial charge < -0.3 is 9.47 Å². The van der Waals surface area contributed by atoms with Crippen molar-refractivity contribution < 1.29 is 9.72 Å². The maximum absolute atomic E-state index is 13.1. The molecule has 3 heterocycles. The van der Waals surface area contributed by atoms with Gasteiger partial charge in [-0.15, -0.1) is 0 Å². The van der Waals surface area contributed by atoms with E-state index < -0.39 is 4.92 Å². The van der Waals surface area contributed by atoms with Gasteiger partial charge in [0.1, 0.15) is 6.54 Å². The number of carbonyl (C=O) groups excluding carboxylic acids is 1. The molecule has 1 atom stereocenters. The summed E-state index contributed by atoms with van der Waals surface area (Å²) in [5.74, 6) is 0.0209. The van der Waals surface area contributed by atoms with Gasteiger partial charge in [-0.25, -0.2) is 0 Å². The van der Waals surface area contributed by atoms with Crippen molar-refractivity contribution in [3.05, 3.63) is 70.7 Å². The number of pyridine rings is 1. The lowest BCUT2D eigenvalue weighted by molar-refractivity contribution is -0.383. The number of fused-ring (bicyclic) bond motifs is 1. The van der Waals surface area contributed by atoms with E-state index in [1.165, 1.54) is 6.07 Å². The van der Waals surface area contributed by atoms with Crippen LogP contribution in [0.1, 0.15) is 30.9 Å². The molecule has 1 aliphatic heterocycles. The Labute approximate surface area is 156 Å². The Bertz CT molecular complexity index is 983. The number of carbonyl (C=O) groups is 1. The molecule has 0 unspecified atom stereocenters.